The maximum atomic E-state index is 13.3. The van der Waals surface area contributed by atoms with Gasteiger partial charge in [-0.3, -0.25) is 0 Å². The van der Waals surface area contributed by atoms with Gasteiger partial charge in [-0.15, -0.1) is 0 Å². The minimum atomic E-state index is -3.83. The van der Waals surface area contributed by atoms with Gasteiger partial charge < -0.3 is 9.47 Å². The van der Waals surface area contributed by atoms with Gasteiger partial charge in [-0.1, -0.05) is 35.3 Å². The lowest BCUT2D eigenvalue weighted by Gasteiger charge is -2.26. The van der Waals surface area contributed by atoms with Crippen molar-refractivity contribution in [2.75, 3.05) is 19.8 Å². The van der Waals surface area contributed by atoms with Crippen molar-refractivity contribution in [3.05, 3.63) is 52.0 Å². The summed E-state index contributed by atoms with van der Waals surface area (Å²) < 4.78 is 39.5. The van der Waals surface area contributed by atoms with E-state index in [1.807, 2.05) is 18.2 Å². The molecule has 144 valence electrons. The third-order valence-electron chi connectivity index (χ3n) is 4.85. The summed E-state index contributed by atoms with van der Waals surface area (Å²) in [5, 5.41) is 0.263. The Morgan fingerprint density at radius 1 is 0.963 bits per heavy atom. The second-order valence-corrected chi connectivity index (χ2v) is 9.22. The van der Waals surface area contributed by atoms with Crippen LogP contribution in [-0.2, 0) is 10.0 Å². The summed E-state index contributed by atoms with van der Waals surface area (Å²) in [6.07, 6.45) is 2.31. The topological polar surface area (TPSA) is 55.8 Å². The molecule has 0 spiro atoms. The normalized spacial score (nSPS) is 20.4. The zero-order chi connectivity index (χ0) is 19.0. The van der Waals surface area contributed by atoms with E-state index in [1.54, 1.807) is 18.2 Å². The number of benzene rings is 2. The van der Waals surface area contributed by atoms with E-state index in [-0.39, 0.29) is 21.0 Å². The molecule has 4 rings (SSSR count). The molecule has 1 fully saturated rings. The maximum Gasteiger partial charge on any atom is 0.246 e. The monoisotopic (exact) mass is 427 g/mol. The van der Waals surface area contributed by atoms with Crippen LogP contribution >= 0.6 is 23.2 Å². The average Bonchev–Trinajstić information content (AvgIpc) is 3.01. The van der Waals surface area contributed by atoms with Gasteiger partial charge in [-0.25, -0.2) is 8.42 Å². The van der Waals surface area contributed by atoms with E-state index in [2.05, 4.69) is 0 Å². The quantitative estimate of drug-likeness (QED) is 0.713. The number of hydrogen-bond acceptors (Lipinski definition) is 4. The predicted octanol–water partition coefficient (Wildman–Crippen LogP) is 4.68. The third-order valence-corrected chi connectivity index (χ3v) is 7.71. The van der Waals surface area contributed by atoms with Crippen molar-refractivity contribution in [1.82, 2.24) is 4.31 Å². The maximum absolute atomic E-state index is 13.3. The predicted molar refractivity (Wildman–Crippen MR) is 104 cm³/mol. The molecule has 1 atom stereocenters. The van der Waals surface area contributed by atoms with Gasteiger partial charge in [0, 0.05) is 13.0 Å². The van der Waals surface area contributed by atoms with Gasteiger partial charge in [0.1, 0.15) is 4.90 Å². The number of fused-ring (bicyclic) bond motifs is 1. The Bertz CT molecular complexity index is 944. The third kappa shape index (κ3) is 3.51. The molecule has 2 aromatic rings. The van der Waals surface area contributed by atoms with Crippen LogP contribution < -0.4 is 9.47 Å². The summed E-state index contributed by atoms with van der Waals surface area (Å²) in [5.41, 5.74) is 0.878. The van der Waals surface area contributed by atoms with Gasteiger partial charge in [0.05, 0.1) is 29.3 Å². The molecule has 0 unspecified atom stereocenters. The van der Waals surface area contributed by atoms with Crippen molar-refractivity contribution < 1.29 is 17.9 Å². The molecule has 0 bridgehead atoms. The smallest absolute Gasteiger partial charge is 0.246 e. The lowest BCUT2D eigenvalue weighted by Crippen LogP contribution is -2.31. The zero-order valence-electron chi connectivity index (χ0n) is 14.5. The molecule has 2 aliphatic rings. The van der Waals surface area contributed by atoms with Crippen molar-refractivity contribution >= 4 is 33.2 Å². The molecule has 0 radical (unpaired) electrons. The fourth-order valence-corrected chi connectivity index (χ4v) is 6.37. The van der Waals surface area contributed by atoms with E-state index in [0.717, 1.165) is 24.8 Å². The van der Waals surface area contributed by atoms with Gasteiger partial charge in [-0.05, 0) is 42.7 Å². The van der Waals surface area contributed by atoms with Gasteiger partial charge >= 0.3 is 0 Å². The van der Waals surface area contributed by atoms with Crippen LogP contribution in [0.5, 0.6) is 11.5 Å². The highest BCUT2D eigenvalue weighted by molar-refractivity contribution is 7.89. The van der Waals surface area contributed by atoms with E-state index in [0.29, 0.717) is 31.3 Å². The van der Waals surface area contributed by atoms with E-state index in [4.69, 9.17) is 32.7 Å². The second kappa shape index (κ2) is 7.51. The molecule has 0 saturated carbocycles. The average molecular weight is 428 g/mol. The largest absolute Gasteiger partial charge is 0.490 e. The molecule has 2 aliphatic heterocycles. The van der Waals surface area contributed by atoms with Gasteiger partial charge in [0.25, 0.3) is 0 Å². The first kappa shape index (κ1) is 18.9. The molecule has 0 N–H and O–H groups in total. The van der Waals surface area contributed by atoms with E-state index in [1.165, 1.54) is 4.31 Å². The molecule has 2 heterocycles. The Balaban J connectivity index is 1.72. The van der Waals surface area contributed by atoms with Crippen molar-refractivity contribution in [2.45, 2.75) is 30.2 Å². The number of ether oxygens (including phenoxy) is 2. The van der Waals surface area contributed by atoms with Crippen LogP contribution in [0.4, 0.5) is 0 Å². The van der Waals surface area contributed by atoms with E-state index < -0.39 is 10.0 Å². The Kier molecular flexibility index (Phi) is 5.25. The Morgan fingerprint density at radius 3 is 2.41 bits per heavy atom. The minimum absolute atomic E-state index is 0.0328. The summed E-state index contributed by atoms with van der Waals surface area (Å²) in [7, 11) is -3.83. The number of sulfonamides is 1. The SMILES string of the molecule is O=S(=O)(c1c(Cl)cccc1Cl)N1CCC[C@H]1c1ccc2c(c1)OCCCO2. The van der Waals surface area contributed by atoms with Crippen molar-refractivity contribution in [3.63, 3.8) is 0 Å². The molecule has 1 saturated heterocycles. The Hall–Kier alpha value is -1.47. The molecule has 27 heavy (non-hydrogen) atoms. The molecule has 5 nitrogen and oxygen atoms in total. The summed E-state index contributed by atoms with van der Waals surface area (Å²) in [6.45, 7) is 1.61. The second-order valence-electron chi connectivity index (χ2n) is 6.58. The van der Waals surface area contributed by atoms with Crippen LogP contribution in [0, 0.1) is 0 Å². The first-order valence-electron chi connectivity index (χ1n) is 8.84. The van der Waals surface area contributed by atoms with Crippen LogP contribution in [-0.4, -0.2) is 32.5 Å². The number of nitrogens with zero attached hydrogens (tertiary/aromatic N) is 1. The van der Waals surface area contributed by atoms with E-state index >= 15 is 0 Å². The van der Waals surface area contributed by atoms with Gasteiger partial charge in [-0.2, -0.15) is 4.31 Å². The standard InChI is InChI=1S/C19H19Cl2NO4S/c20-14-4-1-5-15(21)19(14)27(23,24)22-9-2-6-16(22)13-7-8-17-18(12-13)26-11-3-10-25-17/h1,4-5,7-8,12,16H,2-3,6,9-11H2/t16-/m0/s1. The molecule has 0 aromatic heterocycles. The van der Waals surface area contributed by atoms with Crippen molar-refractivity contribution in [1.29, 1.82) is 0 Å². The Morgan fingerprint density at radius 2 is 1.67 bits per heavy atom. The molecular formula is C19H19Cl2NO4S. The van der Waals surface area contributed by atoms with Crippen molar-refractivity contribution in [3.8, 4) is 11.5 Å². The highest BCUT2D eigenvalue weighted by atomic mass is 35.5. The van der Waals surface area contributed by atoms with Gasteiger partial charge in [0.15, 0.2) is 11.5 Å². The number of rotatable bonds is 3. The lowest BCUT2D eigenvalue weighted by atomic mass is 10.0. The fraction of sp³-hybridized carbons (Fsp3) is 0.368. The molecule has 0 amide bonds. The summed E-state index contributed by atoms with van der Waals surface area (Å²) >= 11 is 12.3. The van der Waals surface area contributed by atoms with Gasteiger partial charge in [0.2, 0.25) is 10.0 Å². The number of halogens is 2. The van der Waals surface area contributed by atoms with Crippen LogP contribution in [0.25, 0.3) is 0 Å². The summed E-state index contributed by atoms with van der Waals surface area (Å²) in [6, 6.07) is 10.1. The molecular weight excluding hydrogens is 409 g/mol. The highest BCUT2D eigenvalue weighted by Gasteiger charge is 2.38. The van der Waals surface area contributed by atoms with Crippen LogP contribution in [0.15, 0.2) is 41.3 Å². The minimum Gasteiger partial charge on any atom is -0.490 e. The molecule has 0 aliphatic carbocycles. The lowest BCUT2D eigenvalue weighted by molar-refractivity contribution is 0.296. The van der Waals surface area contributed by atoms with E-state index in [9.17, 15) is 8.42 Å². The van der Waals surface area contributed by atoms with Crippen LogP contribution in [0.2, 0.25) is 10.0 Å². The van der Waals surface area contributed by atoms with Crippen molar-refractivity contribution in [2.24, 2.45) is 0 Å². The fourth-order valence-electron chi connectivity index (χ4n) is 3.59. The molecule has 8 heteroatoms. The first-order valence-corrected chi connectivity index (χ1v) is 11.0. The highest BCUT2D eigenvalue weighted by Crippen LogP contribution is 2.42. The summed E-state index contributed by atoms with van der Waals surface area (Å²) in [4.78, 5) is -0.0328. The first-order chi connectivity index (χ1) is 13.0. The van der Waals surface area contributed by atoms with Crippen LogP contribution in [0.3, 0.4) is 0 Å². The van der Waals surface area contributed by atoms with Crippen LogP contribution in [0.1, 0.15) is 30.9 Å². The zero-order valence-corrected chi connectivity index (χ0v) is 16.9. The number of hydrogen-bond donors (Lipinski definition) is 0. The molecule has 2 aromatic carbocycles. The summed E-state index contributed by atoms with van der Waals surface area (Å²) in [5.74, 6) is 1.35. The Labute approximate surface area is 168 Å².